The van der Waals surface area contributed by atoms with Gasteiger partial charge in [-0.25, -0.2) is 0 Å². The van der Waals surface area contributed by atoms with Gasteiger partial charge in [0.1, 0.15) is 6.04 Å². The van der Waals surface area contributed by atoms with Crippen molar-refractivity contribution < 1.29 is 24.9 Å². The molecule has 0 radical (unpaired) electrons. The van der Waals surface area contributed by atoms with E-state index in [0.717, 1.165) is 6.42 Å². The summed E-state index contributed by atoms with van der Waals surface area (Å²) in [6.45, 7) is 2.33. The Morgan fingerprint density at radius 1 is 1.23 bits per heavy atom. The second-order valence-electron chi connectivity index (χ2n) is 9.11. The summed E-state index contributed by atoms with van der Waals surface area (Å²) in [7, 11) is 0. The van der Waals surface area contributed by atoms with E-state index in [1.807, 2.05) is 11.8 Å². The third kappa shape index (κ3) is 8.66. The molecule has 196 valence electrons. The second kappa shape index (κ2) is 15.3. The molecule has 1 saturated heterocycles. The highest BCUT2D eigenvalue weighted by molar-refractivity contribution is 8.00. The molecular weight excluding hydrogens is 468 g/mol. The summed E-state index contributed by atoms with van der Waals surface area (Å²) in [5.41, 5.74) is 11.8. The van der Waals surface area contributed by atoms with Gasteiger partial charge in [0.05, 0.1) is 11.9 Å². The maximum Gasteiger partial charge on any atom is 0.187 e. The van der Waals surface area contributed by atoms with Crippen molar-refractivity contribution in [3.63, 3.8) is 0 Å². The first-order chi connectivity index (χ1) is 16.8. The van der Waals surface area contributed by atoms with Crippen molar-refractivity contribution in [3.8, 4) is 0 Å². The van der Waals surface area contributed by atoms with Crippen LogP contribution in [0.1, 0.15) is 43.0 Å². The number of rotatable bonds is 16. The fourth-order valence-corrected chi connectivity index (χ4v) is 5.74. The Bertz CT molecular complexity index is 825. The molecule has 1 aliphatic rings. The minimum Gasteiger partial charge on any atom is -0.861 e. The largest absolute Gasteiger partial charge is 0.861 e. The third-order valence-corrected chi connectivity index (χ3v) is 7.66. The number of hydrogen-bond donors (Lipinski definition) is 4. The van der Waals surface area contributed by atoms with E-state index in [2.05, 4.69) is 4.99 Å². The van der Waals surface area contributed by atoms with E-state index in [0.29, 0.717) is 43.7 Å². The number of aliphatic hydroxyl groups excluding tert-OH is 2. The maximum absolute atomic E-state index is 13.5. The number of carbonyl (C=O) groups excluding carboxylic acids is 2. The normalized spacial score (nSPS) is 20.4. The van der Waals surface area contributed by atoms with Crippen LogP contribution in [0, 0.1) is 11.8 Å². The maximum atomic E-state index is 13.5. The number of benzene rings is 1. The summed E-state index contributed by atoms with van der Waals surface area (Å²) in [5, 5.41) is 31.7. The molecule has 6 N–H and O–H groups in total. The lowest BCUT2D eigenvalue weighted by Crippen LogP contribution is -2.52. The number of carbonyl (C=O) groups is 2. The zero-order valence-electron chi connectivity index (χ0n) is 20.4. The molecule has 0 aromatic heterocycles. The van der Waals surface area contributed by atoms with Crippen LogP contribution in [0.4, 0.5) is 0 Å². The van der Waals surface area contributed by atoms with E-state index >= 15 is 0 Å². The third-order valence-electron chi connectivity index (χ3n) is 6.24. The summed E-state index contributed by atoms with van der Waals surface area (Å²) in [4.78, 5) is 32.7. The molecule has 0 spiro atoms. The van der Waals surface area contributed by atoms with Crippen molar-refractivity contribution in [1.29, 1.82) is 0 Å². The zero-order valence-corrected chi connectivity index (χ0v) is 21.2. The Morgan fingerprint density at radius 3 is 2.57 bits per heavy atom. The highest BCUT2D eigenvalue weighted by Crippen LogP contribution is 2.35. The van der Waals surface area contributed by atoms with Gasteiger partial charge in [-0.05, 0) is 37.6 Å². The van der Waals surface area contributed by atoms with Crippen LogP contribution in [0.25, 0.3) is 0 Å². The minimum absolute atomic E-state index is 0.00822. The van der Waals surface area contributed by atoms with Crippen LogP contribution >= 0.6 is 11.8 Å². The average Bonchev–Trinajstić information content (AvgIpc) is 3.35. The van der Waals surface area contributed by atoms with Gasteiger partial charge in [-0.15, -0.1) is 11.8 Å². The summed E-state index contributed by atoms with van der Waals surface area (Å²) < 4.78 is 0. The molecule has 1 fully saturated rings. The van der Waals surface area contributed by atoms with Gasteiger partial charge >= 0.3 is 0 Å². The smallest absolute Gasteiger partial charge is 0.187 e. The number of unbranched alkanes of at least 4 members (excludes halogenated alkanes) is 1. The van der Waals surface area contributed by atoms with E-state index in [1.54, 1.807) is 42.1 Å². The van der Waals surface area contributed by atoms with Crippen molar-refractivity contribution in [2.24, 2.45) is 28.3 Å². The van der Waals surface area contributed by atoms with Gasteiger partial charge in [-0.1, -0.05) is 43.7 Å². The van der Waals surface area contributed by atoms with Crippen molar-refractivity contribution in [1.82, 2.24) is 4.90 Å². The first kappa shape index (κ1) is 29.4. The minimum atomic E-state index is -1.12. The van der Waals surface area contributed by atoms with Gasteiger partial charge in [0, 0.05) is 43.0 Å². The van der Waals surface area contributed by atoms with Crippen molar-refractivity contribution in [2.75, 3.05) is 38.6 Å². The molecule has 0 bridgehead atoms. The molecular formula is C25H39N4O5S-. The standard InChI is InChI=1S/C25H40N4O5S/c1-17(15-30)13-19(16-31)25-29(11-12-35-25)22(23(33)18-7-3-2-4-8-18)21(32)14-28-24(34)20(27)9-5-6-10-26/h2-4,7-8,17,19-20,22,25,30-31H,5-6,9-16,26-27H2,1H3,(H,28,34)/p-1/t17?,19?,20-,22?,25?/m0/s1. The van der Waals surface area contributed by atoms with Crippen molar-refractivity contribution in [3.05, 3.63) is 35.9 Å². The summed E-state index contributed by atoms with van der Waals surface area (Å²) in [6, 6.07) is 6.66. The molecule has 0 aliphatic carbocycles. The Balaban J connectivity index is 2.27. The highest BCUT2D eigenvalue weighted by atomic mass is 32.2. The van der Waals surface area contributed by atoms with Crippen LogP contribution in [0.2, 0.25) is 0 Å². The number of Topliss-reactive ketones (excluding diaryl/α,β-unsaturated/α-hetero) is 2. The topological polar surface area (TPSA) is 165 Å². The number of nitrogens with zero attached hydrogens (tertiary/aromatic N) is 2. The number of thioether (sulfide) groups is 1. The number of hydrogen-bond acceptors (Lipinski definition) is 10. The van der Waals surface area contributed by atoms with Crippen molar-refractivity contribution >= 4 is 29.2 Å². The number of nitrogens with two attached hydrogens (primary N) is 2. The second-order valence-corrected chi connectivity index (χ2v) is 10.3. The fourth-order valence-electron chi connectivity index (χ4n) is 4.29. The van der Waals surface area contributed by atoms with Gasteiger partial charge in [0.15, 0.2) is 11.6 Å². The number of aliphatic imine (C=N–C) groups is 1. The monoisotopic (exact) mass is 507 g/mol. The van der Waals surface area contributed by atoms with Gasteiger partial charge in [0.25, 0.3) is 0 Å². The lowest BCUT2D eigenvalue weighted by molar-refractivity contribution is -0.220. The lowest BCUT2D eigenvalue weighted by Gasteiger charge is -2.35. The molecule has 1 heterocycles. The van der Waals surface area contributed by atoms with Crippen LogP contribution in [0.15, 0.2) is 35.3 Å². The predicted molar refractivity (Wildman–Crippen MR) is 137 cm³/mol. The summed E-state index contributed by atoms with van der Waals surface area (Å²) in [5.74, 6) is -0.937. The fraction of sp³-hybridized carbons (Fsp3) is 0.640. The van der Waals surface area contributed by atoms with Crippen LogP contribution < -0.4 is 16.6 Å². The van der Waals surface area contributed by atoms with Crippen LogP contribution in [0.5, 0.6) is 0 Å². The molecule has 1 aromatic rings. The summed E-state index contributed by atoms with van der Waals surface area (Å²) in [6.07, 6.45) is 2.44. The SMILES string of the molecule is CC(CO)CC(CO)C1SCCN1C(C(=O)CN=C([O-])[C@@H](N)CCCCN)C(=O)c1ccccc1. The molecule has 1 aromatic carbocycles. The molecule has 9 nitrogen and oxygen atoms in total. The first-order valence-electron chi connectivity index (χ1n) is 12.2. The lowest BCUT2D eigenvalue weighted by atomic mass is 9.93. The van der Waals surface area contributed by atoms with Gasteiger partial charge < -0.3 is 26.8 Å². The Kier molecular flexibility index (Phi) is 12.9. The van der Waals surface area contributed by atoms with E-state index in [4.69, 9.17) is 11.5 Å². The Labute approximate surface area is 212 Å². The molecule has 10 heteroatoms. The zero-order chi connectivity index (χ0) is 25.8. The summed E-state index contributed by atoms with van der Waals surface area (Å²) >= 11 is 1.59. The quantitative estimate of drug-likeness (QED) is 0.0793. The van der Waals surface area contributed by atoms with Gasteiger partial charge in [0.2, 0.25) is 0 Å². The number of aliphatic hydroxyl groups is 2. The molecule has 0 amide bonds. The molecule has 4 unspecified atom stereocenters. The van der Waals surface area contributed by atoms with Crippen molar-refractivity contribution in [2.45, 2.75) is 50.1 Å². The molecule has 2 rings (SSSR count). The van der Waals surface area contributed by atoms with Gasteiger partial charge in [-0.3, -0.25) is 19.5 Å². The molecule has 0 saturated carbocycles. The van der Waals surface area contributed by atoms with Crippen LogP contribution in [-0.4, -0.2) is 88.6 Å². The highest BCUT2D eigenvalue weighted by Gasteiger charge is 2.42. The molecule has 35 heavy (non-hydrogen) atoms. The average molecular weight is 508 g/mol. The molecule has 1 aliphatic heterocycles. The number of ketones is 2. The molecule has 5 atom stereocenters. The Morgan fingerprint density at radius 2 is 1.94 bits per heavy atom. The van der Waals surface area contributed by atoms with E-state index in [1.165, 1.54) is 0 Å². The van der Waals surface area contributed by atoms with E-state index < -0.39 is 30.3 Å². The Hall–Kier alpha value is -1.82. The van der Waals surface area contributed by atoms with Gasteiger partial charge in [-0.2, -0.15) is 0 Å². The van der Waals surface area contributed by atoms with Crippen LogP contribution in [-0.2, 0) is 4.79 Å². The van der Waals surface area contributed by atoms with E-state index in [9.17, 15) is 24.9 Å². The predicted octanol–water partition coefficient (Wildman–Crippen LogP) is 0.0240. The van der Waals surface area contributed by atoms with Crippen LogP contribution in [0.3, 0.4) is 0 Å². The van der Waals surface area contributed by atoms with E-state index in [-0.39, 0.29) is 36.2 Å². The first-order valence-corrected chi connectivity index (χ1v) is 13.3.